The molecule has 0 aliphatic rings. The summed E-state index contributed by atoms with van der Waals surface area (Å²) >= 11 is 0. The smallest absolute Gasteiger partial charge is 0.307 e. The molecular weight excluding hydrogens is 318 g/mol. The number of esters is 1. The van der Waals surface area contributed by atoms with Crippen molar-refractivity contribution in [3.63, 3.8) is 0 Å². The molecule has 0 aliphatic carbocycles. The minimum Gasteiger partial charge on any atom is -0.461 e. The molecule has 0 saturated heterocycles. The summed E-state index contributed by atoms with van der Waals surface area (Å²) in [5.41, 5.74) is 0.628. The average molecular weight is 343 g/mol. The Bertz CT molecular complexity index is 713. The van der Waals surface area contributed by atoms with E-state index in [2.05, 4.69) is 5.32 Å². The Morgan fingerprint density at radius 1 is 1.12 bits per heavy atom. The number of rotatable bonds is 6. The second-order valence-electron chi connectivity index (χ2n) is 7.00. The Morgan fingerprint density at radius 2 is 1.80 bits per heavy atom. The molecule has 0 radical (unpaired) electrons. The second kappa shape index (κ2) is 8.01. The quantitative estimate of drug-likeness (QED) is 0.812. The number of hydrogen-bond acceptors (Lipinski definition) is 4. The maximum Gasteiger partial charge on any atom is 0.307 e. The van der Waals surface area contributed by atoms with Crippen LogP contribution in [-0.2, 0) is 20.7 Å². The van der Waals surface area contributed by atoms with Gasteiger partial charge in [-0.1, -0.05) is 30.3 Å². The van der Waals surface area contributed by atoms with Gasteiger partial charge in [0.2, 0.25) is 0 Å². The summed E-state index contributed by atoms with van der Waals surface area (Å²) in [4.78, 5) is 23.9. The highest BCUT2D eigenvalue weighted by molar-refractivity contribution is 5.83. The first-order valence-corrected chi connectivity index (χ1v) is 8.40. The van der Waals surface area contributed by atoms with Crippen LogP contribution in [0.15, 0.2) is 46.9 Å². The van der Waals surface area contributed by atoms with Crippen LogP contribution in [0, 0.1) is 0 Å². The van der Waals surface area contributed by atoms with Crippen molar-refractivity contribution in [2.75, 3.05) is 0 Å². The molecule has 25 heavy (non-hydrogen) atoms. The van der Waals surface area contributed by atoms with Crippen molar-refractivity contribution < 1.29 is 18.7 Å². The number of aryl methyl sites for hydroxylation is 1. The molecule has 0 fully saturated rings. The molecule has 2 rings (SSSR count). The van der Waals surface area contributed by atoms with Crippen LogP contribution in [0.4, 0.5) is 0 Å². The molecule has 1 aromatic heterocycles. The molecule has 5 nitrogen and oxygen atoms in total. The summed E-state index contributed by atoms with van der Waals surface area (Å²) in [7, 11) is 0. The van der Waals surface area contributed by atoms with Gasteiger partial charge in [-0.3, -0.25) is 9.59 Å². The first-order chi connectivity index (χ1) is 11.7. The zero-order valence-corrected chi connectivity index (χ0v) is 15.2. The van der Waals surface area contributed by atoms with Gasteiger partial charge in [0, 0.05) is 17.5 Å². The van der Waals surface area contributed by atoms with Gasteiger partial charge in [0.15, 0.2) is 6.10 Å². The molecule has 2 aromatic rings. The lowest BCUT2D eigenvalue weighted by atomic mass is 10.1. The van der Waals surface area contributed by atoms with E-state index in [0.29, 0.717) is 12.2 Å². The van der Waals surface area contributed by atoms with Gasteiger partial charge in [-0.2, -0.15) is 0 Å². The summed E-state index contributed by atoms with van der Waals surface area (Å²) in [6.07, 6.45) is -0.225. The van der Waals surface area contributed by atoms with E-state index in [4.69, 9.17) is 9.15 Å². The predicted molar refractivity (Wildman–Crippen MR) is 95.9 cm³/mol. The van der Waals surface area contributed by atoms with Crippen LogP contribution in [0.1, 0.15) is 39.9 Å². The predicted octanol–water partition coefficient (Wildman–Crippen LogP) is 3.73. The van der Waals surface area contributed by atoms with Gasteiger partial charge in [0.05, 0.1) is 6.42 Å². The molecule has 0 bridgehead atoms. The molecule has 5 heteroatoms. The minimum atomic E-state index is -0.816. The van der Waals surface area contributed by atoms with Crippen molar-refractivity contribution >= 4 is 11.9 Å². The zero-order valence-electron chi connectivity index (χ0n) is 15.2. The van der Waals surface area contributed by atoms with E-state index >= 15 is 0 Å². The molecule has 1 aromatic carbocycles. The second-order valence-corrected chi connectivity index (χ2v) is 7.00. The summed E-state index contributed by atoms with van der Waals surface area (Å²) in [5, 5.41) is 2.78. The van der Waals surface area contributed by atoms with Gasteiger partial charge < -0.3 is 14.5 Å². The Labute approximate surface area is 148 Å². The third-order valence-corrected chi connectivity index (χ3v) is 3.47. The number of furan rings is 1. The highest BCUT2D eigenvalue weighted by Gasteiger charge is 2.22. The topological polar surface area (TPSA) is 68.5 Å². The number of amides is 1. The SMILES string of the molecule is C[C@@H](OC(=O)CCc1ccc(-c2ccccc2)o1)C(=O)NC(C)(C)C. The van der Waals surface area contributed by atoms with Crippen molar-refractivity contribution in [3.8, 4) is 11.3 Å². The maximum absolute atomic E-state index is 11.9. The highest BCUT2D eigenvalue weighted by atomic mass is 16.5. The Hall–Kier alpha value is -2.56. The fourth-order valence-corrected chi connectivity index (χ4v) is 2.28. The molecular formula is C20H25NO4. The molecule has 1 amide bonds. The van der Waals surface area contributed by atoms with E-state index in [1.54, 1.807) is 6.92 Å². The maximum atomic E-state index is 11.9. The lowest BCUT2D eigenvalue weighted by molar-refractivity contribution is -0.155. The first-order valence-electron chi connectivity index (χ1n) is 8.40. The van der Waals surface area contributed by atoms with E-state index in [1.807, 2.05) is 63.2 Å². The number of carbonyl (C=O) groups excluding carboxylic acids is 2. The van der Waals surface area contributed by atoms with Crippen LogP contribution >= 0.6 is 0 Å². The Balaban J connectivity index is 1.82. The van der Waals surface area contributed by atoms with Crippen LogP contribution in [0.2, 0.25) is 0 Å². The van der Waals surface area contributed by atoms with Gasteiger partial charge in [-0.05, 0) is 39.8 Å². The van der Waals surface area contributed by atoms with Crippen molar-refractivity contribution in [3.05, 3.63) is 48.2 Å². The molecule has 134 valence electrons. The van der Waals surface area contributed by atoms with Gasteiger partial charge in [-0.25, -0.2) is 0 Å². The fourth-order valence-electron chi connectivity index (χ4n) is 2.28. The highest BCUT2D eigenvalue weighted by Crippen LogP contribution is 2.22. The largest absolute Gasteiger partial charge is 0.461 e. The summed E-state index contributed by atoms with van der Waals surface area (Å²) in [6.45, 7) is 7.20. The molecule has 0 saturated carbocycles. The van der Waals surface area contributed by atoms with E-state index < -0.39 is 12.1 Å². The molecule has 1 atom stereocenters. The average Bonchev–Trinajstić information content (AvgIpc) is 3.01. The van der Waals surface area contributed by atoms with E-state index in [9.17, 15) is 9.59 Å². The van der Waals surface area contributed by atoms with Crippen LogP contribution in [-0.4, -0.2) is 23.5 Å². The van der Waals surface area contributed by atoms with Crippen molar-refractivity contribution in [1.29, 1.82) is 0 Å². The summed E-state index contributed by atoms with van der Waals surface area (Å²) in [5.74, 6) is 0.754. The normalized spacial score (nSPS) is 12.5. The number of carbonyl (C=O) groups is 2. The molecule has 1 heterocycles. The number of benzene rings is 1. The zero-order chi connectivity index (χ0) is 18.4. The van der Waals surface area contributed by atoms with Gasteiger partial charge in [0.25, 0.3) is 5.91 Å². The lowest BCUT2D eigenvalue weighted by Gasteiger charge is -2.23. The standard InChI is InChI=1S/C20H25NO4/c1-14(19(23)21-20(2,3)4)24-18(22)13-11-16-10-12-17(25-16)15-8-6-5-7-9-15/h5-10,12,14H,11,13H2,1-4H3,(H,21,23)/t14-/m1/s1. The van der Waals surface area contributed by atoms with Crippen LogP contribution in [0.3, 0.4) is 0 Å². The molecule has 0 aliphatic heterocycles. The van der Waals surface area contributed by atoms with Crippen LogP contribution in [0.5, 0.6) is 0 Å². The molecule has 1 N–H and O–H groups in total. The van der Waals surface area contributed by atoms with E-state index in [-0.39, 0.29) is 17.9 Å². The molecule has 0 spiro atoms. The van der Waals surface area contributed by atoms with Crippen LogP contribution < -0.4 is 5.32 Å². The third-order valence-electron chi connectivity index (χ3n) is 3.47. The molecule has 0 unspecified atom stereocenters. The van der Waals surface area contributed by atoms with Gasteiger partial charge >= 0.3 is 5.97 Å². The third kappa shape index (κ3) is 6.10. The fraction of sp³-hybridized carbons (Fsp3) is 0.400. The monoisotopic (exact) mass is 343 g/mol. The number of ether oxygens (including phenoxy) is 1. The number of nitrogens with one attached hydrogen (secondary N) is 1. The van der Waals surface area contributed by atoms with Crippen molar-refractivity contribution in [2.45, 2.75) is 52.2 Å². The van der Waals surface area contributed by atoms with E-state index in [1.165, 1.54) is 0 Å². The first kappa shape index (κ1) is 18.8. The van der Waals surface area contributed by atoms with Crippen molar-refractivity contribution in [2.24, 2.45) is 0 Å². The van der Waals surface area contributed by atoms with Crippen LogP contribution in [0.25, 0.3) is 11.3 Å². The summed E-state index contributed by atoms with van der Waals surface area (Å²) < 4.78 is 10.9. The van der Waals surface area contributed by atoms with E-state index in [0.717, 1.165) is 11.3 Å². The van der Waals surface area contributed by atoms with Gasteiger partial charge in [-0.15, -0.1) is 0 Å². The lowest BCUT2D eigenvalue weighted by Crippen LogP contribution is -2.46. The summed E-state index contributed by atoms with van der Waals surface area (Å²) in [6, 6.07) is 13.5. The number of hydrogen-bond donors (Lipinski definition) is 1. The van der Waals surface area contributed by atoms with Gasteiger partial charge in [0.1, 0.15) is 11.5 Å². The minimum absolute atomic E-state index is 0.162. The Morgan fingerprint density at radius 3 is 2.44 bits per heavy atom. The Kier molecular flexibility index (Phi) is 6.02. The van der Waals surface area contributed by atoms with Crippen molar-refractivity contribution in [1.82, 2.24) is 5.32 Å².